The molecule has 0 spiro atoms. The van der Waals surface area contributed by atoms with Gasteiger partial charge in [-0.25, -0.2) is 0 Å². The molecule has 1 aliphatic heterocycles. The highest BCUT2D eigenvalue weighted by molar-refractivity contribution is 6.31. The molecule has 1 aliphatic rings. The van der Waals surface area contributed by atoms with Gasteiger partial charge in [-0.2, -0.15) is 0 Å². The average Bonchev–Trinajstić information content (AvgIpc) is 2.52. The van der Waals surface area contributed by atoms with Crippen molar-refractivity contribution in [2.45, 2.75) is 31.7 Å². The van der Waals surface area contributed by atoms with E-state index in [1.807, 2.05) is 18.2 Å². The topological polar surface area (TPSA) is 66.8 Å². The predicted octanol–water partition coefficient (Wildman–Crippen LogP) is 2.36. The number of rotatable bonds is 6. The van der Waals surface area contributed by atoms with Gasteiger partial charge in [0.1, 0.15) is 6.54 Å². The summed E-state index contributed by atoms with van der Waals surface area (Å²) in [6.45, 7) is 0.878. The molecule has 1 fully saturated rings. The fraction of sp³-hybridized carbons (Fsp3) is 0.500. The quantitative estimate of drug-likeness (QED) is 0.872. The number of hydrogen-bond donors (Lipinski definition) is 1. The molecule has 22 heavy (non-hydrogen) atoms. The highest BCUT2D eigenvalue weighted by Crippen LogP contribution is 2.19. The SMILES string of the molecule is O=C(O)CN(C(=O)CCc1ccccc1Cl)C1CCOCC1. The molecule has 1 aromatic rings. The molecule has 0 atom stereocenters. The van der Waals surface area contributed by atoms with E-state index >= 15 is 0 Å². The van der Waals surface area contributed by atoms with Crippen LogP contribution in [0.3, 0.4) is 0 Å². The second kappa shape index (κ2) is 8.15. The summed E-state index contributed by atoms with van der Waals surface area (Å²) in [7, 11) is 0. The van der Waals surface area contributed by atoms with Crippen LogP contribution in [-0.4, -0.2) is 47.7 Å². The van der Waals surface area contributed by atoms with E-state index in [9.17, 15) is 9.59 Å². The van der Waals surface area contributed by atoms with Crippen molar-refractivity contribution in [2.24, 2.45) is 0 Å². The van der Waals surface area contributed by atoms with Crippen LogP contribution in [0.1, 0.15) is 24.8 Å². The number of benzene rings is 1. The number of aliphatic carboxylic acids is 1. The molecule has 5 nitrogen and oxygen atoms in total. The minimum Gasteiger partial charge on any atom is -0.480 e. The molecule has 1 N–H and O–H groups in total. The Morgan fingerprint density at radius 3 is 2.59 bits per heavy atom. The maximum atomic E-state index is 12.4. The van der Waals surface area contributed by atoms with Gasteiger partial charge in [0.05, 0.1) is 0 Å². The van der Waals surface area contributed by atoms with Gasteiger partial charge in [0.25, 0.3) is 0 Å². The summed E-state index contributed by atoms with van der Waals surface area (Å²) in [5.41, 5.74) is 0.903. The van der Waals surface area contributed by atoms with Crippen molar-refractivity contribution in [3.8, 4) is 0 Å². The Balaban J connectivity index is 1.98. The highest BCUT2D eigenvalue weighted by atomic mass is 35.5. The predicted molar refractivity (Wildman–Crippen MR) is 83.0 cm³/mol. The summed E-state index contributed by atoms with van der Waals surface area (Å²) in [5.74, 6) is -1.13. The van der Waals surface area contributed by atoms with Crippen LogP contribution in [0.5, 0.6) is 0 Å². The van der Waals surface area contributed by atoms with Gasteiger partial charge in [-0.05, 0) is 30.9 Å². The van der Waals surface area contributed by atoms with Crippen molar-refractivity contribution < 1.29 is 19.4 Å². The fourth-order valence-electron chi connectivity index (χ4n) is 2.65. The number of amides is 1. The van der Waals surface area contributed by atoms with Crippen LogP contribution in [-0.2, 0) is 20.7 Å². The van der Waals surface area contributed by atoms with Gasteiger partial charge in [0.2, 0.25) is 5.91 Å². The minimum absolute atomic E-state index is 0.0522. The molecule has 0 aromatic heterocycles. The Bertz CT molecular complexity index is 529. The standard InChI is InChI=1S/C16H20ClNO4/c17-14-4-2-1-3-12(14)5-6-15(19)18(11-16(20)21)13-7-9-22-10-8-13/h1-4,13H,5-11H2,(H,20,21). The van der Waals surface area contributed by atoms with Crippen LogP contribution in [0.25, 0.3) is 0 Å². The number of carboxylic acid groups (broad SMARTS) is 1. The molecule has 1 heterocycles. The van der Waals surface area contributed by atoms with Crippen molar-refractivity contribution in [3.63, 3.8) is 0 Å². The van der Waals surface area contributed by atoms with Gasteiger partial charge >= 0.3 is 5.97 Å². The first-order chi connectivity index (χ1) is 10.6. The van der Waals surface area contributed by atoms with Gasteiger partial charge in [-0.3, -0.25) is 9.59 Å². The molecule has 0 aliphatic carbocycles. The van der Waals surface area contributed by atoms with Gasteiger partial charge in [-0.1, -0.05) is 29.8 Å². The van der Waals surface area contributed by atoms with Crippen LogP contribution in [0.4, 0.5) is 0 Å². The lowest BCUT2D eigenvalue weighted by Gasteiger charge is -2.33. The van der Waals surface area contributed by atoms with E-state index in [-0.39, 0.29) is 24.9 Å². The Morgan fingerprint density at radius 2 is 1.95 bits per heavy atom. The van der Waals surface area contributed by atoms with Crippen LogP contribution < -0.4 is 0 Å². The summed E-state index contributed by atoms with van der Waals surface area (Å²) < 4.78 is 5.28. The van der Waals surface area contributed by atoms with Crippen LogP contribution in [0.2, 0.25) is 5.02 Å². The van der Waals surface area contributed by atoms with Gasteiger partial charge in [0.15, 0.2) is 0 Å². The van der Waals surface area contributed by atoms with Crippen molar-refractivity contribution in [1.29, 1.82) is 0 Å². The molecule has 120 valence electrons. The van der Waals surface area contributed by atoms with Crippen LogP contribution in [0, 0.1) is 0 Å². The normalized spacial score (nSPS) is 15.5. The number of aryl methyl sites for hydroxylation is 1. The maximum absolute atomic E-state index is 12.4. The Morgan fingerprint density at radius 1 is 1.27 bits per heavy atom. The molecule has 0 saturated carbocycles. The number of nitrogens with zero attached hydrogens (tertiary/aromatic N) is 1. The van der Waals surface area contributed by atoms with Crippen molar-refractivity contribution in [1.82, 2.24) is 4.90 Å². The zero-order valence-corrected chi connectivity index (χ0v) is 13.1. The smallest absolute Gasteiger partial charge is 0.323 e. The Labute approximate surface area is 134 Å². The largest absolute Gasteiger partial charge is 0.480 e. The second-order valence-corrected chi connectivity index (χ2v) is 5.76. The fourth-order valence-corrected chi connectivity index (χ4v) is 2.88. The minimum atomic E-state index is -0.988. The van der Waals surface area contributed by atoms with E-state index in [4.69, 9.17) is 21.4 Å². The zero-order chi connectivity index (χ0) is 15.9. The third kappa shape index (κ3) is 4.71. The van der Waals surface area contributed by atoms with Gasteiger partial charge < -0.3 is 14.7 Å². The number of carbonyl (C=O) groups is 2. The molecular formula is C16H20ClNO4. The van der Waals surface area contributed by atoms with Crippen molar-refractivity contribution in [3.05, 3.63) is 34.9 Å². The number of hydrogen-bond acceptors (Lipinski definition) is 3. The first kappa shape index (κ1) is 16.8. The number of ether oxygens (including phenoxy) is 1. The summed E-state index contributed by atoms with van der Waals surface area (Å²) in [6.07, 6.45) is 2.14. The molecular weight excluding hydrogens is 306 g/mol. The molecule has 0 radical (unpaired) electrons. The van der Waals surface area contributed by atoms with Crippen LogP contribution in [0.15, 0.2) is 24.3 Å². The van der Waals surface area contributed by atoms with E-state index in [1.54, 1.807) is 6.07 Å². The lowest BCUT2D eigenvalue weighted by molar-refractivity contribution is -0.147. The van der Waals surface area contributed by atoms with Gasteiger partial charge in [0, 0.05) is 30.7 Å². The summed E-state index contributed by atoms with van der Waals surface area (Å²) in [4.78, 5) is 25.0. The lowest BCUT2D eigenvalue weighted by atomic mass is 10.0. The summed E-state index contributed by atoms with van der Waals surface area (Å²) in [6, 6.07) is 7.33. The monoisotopic (exact) mass is 325 g/mol. The number of carboxylic acids is 1. The summed E-state index contributed by atoms with van der Waals surface area (Å²) in [5, 5.41) is 9.68. The van der Waals surface area contributed by atoms with Crippen molar-refractivity contribution in [2.75, 3.05) is 19.8 Å². The van der Waals surface area contributed by atoms with E-state index in [2.05, 4.69) is 0 Å². The van der Waals surface area contributed by atoms with Crippen LogP contribution >= 0.6 is 11.6 Å². The number of carbonyl (C=O) groups excluding carboxylic acids is 1. The zero-order valence-electron chi connectivity index (χ0n) is 12.3. The van der Waals surface area contributed by atoms with E-state index in [0.29, 0.717) is 37.5 Å². The second-order valence-electron chi connectivity index (χ2n) is 5.35. The van der Waals surface area contributed by atoms with Crippen molar-refractivity contribution >= 4 is 23.5 Å². The maximum Gasteiger partial charge on any atom is 0.323 e. The van der Waals surface area contributed by atoms with E-state index in [1.165, 1.54) is 4.90 Å². The Kier molecular flexibility index (Phi) is 6.21. The van der Waals surface area contributed by atoms with E-state index < -0.39 is 5.97 Å². The first-order valence-corrected chi connectivity index (χ1v) is 7.78. The molecule has 1 amide bonds. The molecule has 0 unspecified atom stereocenters. The molecule has 0 bridgehead atoms. The molecule has 1 saturated heterocycles. The van der Waals surface area contributed by atoms with E-state index in [0.717, 1.165) is 5.56 Å². The Hall–Kier alpha value is -1.59. The average molecular weight is 326 g/mol. The molecule has 6 heteroatoms. The first-order valence-electron chi connectivity index (χ1n) is 7.40. The van der Waals surface area contributed by atoms with Gasteiger partial charge in [-0.15, -0.1) is 0 Å². The number of halogens is 1. The molecule has 1 aromatic carbocycles. The third-order valence-corrected chi connectivity index (χ3v) is 4.19. The highest BCUT2D eigenvalue weighted by Gasteiger charge is 2.27. The summed E-state index contributed by atoms with van der Waals surface area (Å²) >= 11 is 6.08. The lowest BCUT2D eigenvalue weighted by Crippen LogP contribution is -2.46. The third-order valence-electron chi connectivity index (χ3n) is 3.82. The molecule has 2 rings (SSSR count).